The van der Waals surface area contributed by atoms with Gasteiger partial charge in [-0.1, -0.05) is 72.8 Å². The molecule has 0 bridgehead atoms. The molecule has 41 heavy (non-hydrogen) atoms. The van der Waals surface area contributed by atoms with E-state index in [1.807, 2.05) is 78.6 Å². The van der Waals surface area contributed by atoms with Crippen LogP contribution >= 0.6 is 0 Å². The number of rotatable bonds is 5. The quantitative estimate of drug-likeness (QED) is 0.317. The van der Waals surface area contributed by atoms with Crippen LogP contribution in [0.15, 0.2) is 109 Å². The maximum Gasteiger partial charge on any atom is 0.238 e. The van der Waals surface area contributed by atoms with Crippen molar-refractivity contribution in [3.63, 3.8) is 0 Å². The zero-order valence-corrected chi connectivity index (χ0v) is 22.7. The van der Waals surface area contributed by atoms with Gasteiger partial charge in [0.1, 0.15) is 17.2 Å². The summed E-state index contributed by atoms with van der Waals surface area (Å²) in [5.41, 5.74) is 3.82. The number of nitrogens with zero attached hydrogens (tertiary/aromatic N) is 1. The fourth-order valence-corrected chi connectivity index (χ4v) is 7.10. The van der Waals surface area contributed by atoms with Crippen LogP contribution in [0.25, 0.3) is 5.57 Å². The predicted molar refractivity (Wildman–Crippen MR) is 158 cm³/mol. The molecule has 6 heteroatoms. The Morgan fingerprint density at radius 1 is 0.805 bits per heavy atom. The van der Waals surface area contributed by atoms with Crippen molar-refractivity contribution in [1.29, 1.82) is 0 Å². The minimum atomic E-state index is -1.33. The van der Waals surface area contributed by atoms with Gasteiger partial charge in [0.2, 0.25) is 5.91 Å². The van der Waals surface area contributed by atoms with Crippen molar-refractivity contribution < 1.29 is 19.1 Å². The van der Waals surface area contributed by atoms with Crippen LogP contribution in [0.4, 0.5) is 11.4 Å². The summed E-state index contributed by atoms with van der Waals surface area (Å²) in [6.07, 6.45) is 2.07. The average molecular weight is 541 g/mol. The first kappa shape index (κ1) is 25.0. The van der Waals surface area contributed by atoms with Crippen LogP contribution in [-0.2, 0) is 10.2 Å². The Morgan fingerprint density at radius 3 is 2.22 bits per heavy atom. The lowest BCUT2D eigenvalue weighted by Gasteiger charge is -2.39. The summed E-state index contributed by atoms with van der Waals surface area (Å²) >= 11 is 0. The van der Waals surface area contributed by atoms with Gasteiger partial charge < -0.3 is 15.0 Å². The van der Waals surface area contributed by atoms with Crippen LogP contribution in [0.2, 0.25) is 0 Å². The lowest BCUT2D eigenvalue weighted by molar-refractivity contribution is -0.121. The second kappa shape index (κ2) is 9.30. The molecule has 0 aromatic heterocycles. The Kier molecular flexibility index (Phi) is 5.68. The number of methoxy groups -OCH3 is 1. The van der Waals surface area contributed by atoms with E-state index >= 15 is 0 Å². The number of fused-ring (bicyclic) bond motifs is 6. The van der Waals surface area contributed by atoms with Gasteiger partial charge in [-0.15, -0.1) is 0 Å². The monoisotopic (exact) mass is 540 g/mol. The number of amides is 1. The Balaban J connectivity index is 1.54. The van der Waals surface area contributed by atoms with Crippen LogP contribution in [0.5, 0.6) is 5.75 Å². The van der Waals surface area contributed by atoms with Crippen molar-refractivity contribution >= 4 is 34.4 Å². The number of carbonyl (C=O) groups is 3. The number of benzene rings is 4. The number of nitrogens with one attached hydrogen (secondary N) is 1. The summed E-state index contributed by atoms with van der Waals surface area (Å²) in [4.78, 5) is 45.9. The molecule has 1 N–H and O–H groups in total. The van der Waals surface area contributed by atoms with Crippen molar-refractivity contribution in [2.75, 3.05) is 17.3 Å². The Morgan fingerprint density at radius 2 is 1.46 bits per heavy atom. The number of ether oxygens (including phenoxy) is 1. The zero-order chi connectivity index (χ0) is 28.3. The summed E-state index contributed by atoms with van der Waals surface area (Å²) in [7, 11) is 1.58. The molecule has 4 aromatic carbocycles. The molecule has 1 fully saturated rings. The first-order valence-corrected chi connectivity index (χ1v) is 13.7. The molecule has 4 aromatic rings. The fourth-order valence-electron chi connectivity index (χ4n) is 7.10. The summed E-state index contributed by atoms with van der Waals surface area (Å²) in [5, 5.41) is 3.08. The summed E-state index contributed by atoms with van der Waals surface area (Å²) in [6.45, 7) is 2.02. The Bertz CT molecular complexity index is 1740. The van der Waals surface area contributed by atoms with E-state index in [1.54, 1.807) is 43.5 Å². The van der Waals surface area contributed by atoms with Crippen LogP contribution in [0.1, 0.15) is 38.8 Å². The van der Waals surface area contributed by atoms with Crippen molar-refractivity contribution in [2.24, 2.45) is 5.92 Å². The number of para-hydroxylation sites is 2. The van der Waals surface area contributed by atoms with Crippen LogP contribution in [0, 0.1) is 5.92 Å². The number of ketones is 2. The maximum absolute atomic E-state index is 14.7. The molecule has 3 aliphatic rings. The summed E-state index contributed by atoms with van der Waals surface area (Å²) < 4.78 is 5.33. The molecule has 4 atom stereocenters. The number of Topliss-reactive ketones (excluding diaryl/α,β-unsaturated/α-hetero) is 2. The highest BCUT2D eigenvalue weighted by molar-refractivity contribution is 6.18. The Labute approximate surface area is 238 Å². The topological polar surface area (TPSA) is 75.7 Å². The van der Waals surface area contributed by atoms with Gasteiger partial charge in [-0.2, -0.15) is 0 Å². The van der Waals surface area contributed by atoms with Crippen molar-refractivity contribution in [2.45, 2.75) is 24.4 Å². The van der Waals surface area contributed by atoms with E-state index in [-0.39, 0.29) is 17.5 Å². The zero-order valence-electron chi connectivity index (χ0n) is 22.7. The smallest absolute Gasteiger partial charge is 0.238 e. The average Bonchev–Trinajstić information content (AvgIpc) is 3.49. The molecule has 202 valence electrons. The van der Waals surface area contributed by atoms with Gasteiger partial charge in [-0.05, 0) is 54.5 Å². The van der Waals surface area contributed by atoms with Gasteiger partial charge >= 0.3 is 0 Å². The van der Waals surface area contributed by atoms with E-state index < -0.39 is 23.4 Å². The van der Waals surface area contributed by atoms with Crippen molar-refractivity contribution in [3.05, 3.63) is 131 Å². The molecule has 1 spiro atoms. The largest absolute Gasteiger partial charge is 0.497 e. The fraction of sp³-hybridized carbons (Fsp3) is 0.171. The van der Waals surface area contributed by atoms with E-state index in [9.17, 15) is 14.4 Å². The molecule has 7 rings (SSSR count). The number of allylic oxidation sites excluding steroid dienone is 1. The van der Waals surface area contributed by atoms with E-state index in [0.717, 1.165) is 22.4 Å². The Hall–Kier alpha value is -4.97. The number of hydrogen-bond donors (Lipinski definition) is 1. The molecular weight excluding hydrogens is 512 g/mol. The molecule has 6 nitrogen and oxygen atoms in total. The lowest BCUT2D eigenvalue weighted by Crippen LogP contribution is -2.51. The molecule has 0 aliphatic carbocycles. The van der Waals surface area contributed by atoms with Gasteiger partial charge in [0.05, 0.1) is 19.1 Å². The number of carbonyl (C=O) groups excluding carboxylic acids is 3. The first-order valence-electron chi connectivity index (χ1n) is 13.7. The SMILES string of the molecule is COc1ccc(C(=O)[C@@H]2[C@H](C(=O)c3ccccc3)[C@]3(C(=O)Nc4ccccc43)[C@H]3C=C(C)c4ccccc4N23)cc1. The molecule has 0 unspecified atom stereocenters. The predicted octanol–water partition coefficient (Wildman–Crippen LogP) is 5.94. The van der Waals surface area contributed by atoms with Crippen molar-refractivity contribution in [3.8, 4) is 5.75 Å². The first-order chi connectivity index (χ1) is 20.0. The number of anilines is 2. The van der Waals surface area contributed by atoms with Crippen LogP contribution < -0.4 is 15.0 Å². The molecule has 0 saturated carbocycles. The highest BCUT2D eigenvalue weighted by Crippen LogP contribution is 2.58. The molecule has 1 saturated heterocycles. The lowest BCUT2D eigenvalue weighted by atomic mass is 9.64. The van der Waals surface area contributed by atoms with Gasteiger partial charge in [0.25, 0.3) is 0 Å². The summed E-state index contributed by atoms with van der Waals surface area (Å²) in [5.74, 6) is -1.09. The second-order valence-electron chi connectivity index (χ2n) is 10.8. The standard InChI is InChI=1S/C35H28N2O4/c1-21-20-29-35(26-13-7-8-14-27(26)36-34(35)40)30(32(38)22-10-4-3-5-11-22)31(37(29)28-15-9-6-12-25(21)28)33(39)23-16-18-24(41-2)19-17-23/h3-20,29-31H,1-2H3,(H,36,40)/t29-,30-,31+,35-/m1/s1. The van der Waals surface area contributed by atoms with Gasteiger partial charge in [0, 0.05) is 28.1 Å². The molecule has 1 amide bonds. The molecule has 3 heterocycles. The van der Waals surface area contributed by atoms with E-state index in [0.29, 0.717) is 22.6 Å². The van der Waals surface area contributed by atoms with Crippen molar-refractivity contribution in [1.82, 2.24) is 0 Å². The van der Waals surface area contributed by atoms with E-state index in [2.05, 4.69) is 11.4 Å². The summed E-state index contributed by atoms with van der Waals surface area (Å²) in [6, 6.07) is 29.9. The van der Waals surface area contributed by atoms with E-state index in [4.69, 9.17) is 4.74 Å². The minimum absolute atomic E-state index is 0.219. The van der Waals surface area contributed by atoms with Crippen LogP contribution in [-0.4, -0.2) is 36.7 Å². The third-order valence-corrected chi connectivity index (χ3v) is 8.87. The molecule has 0 radical (unpaired) electrons. The maximum atomic E-state index is 14.7. The normalized spacial score (nSPS) is 23.8. The second-order valence-corrected chi connectivity index (χ2v) is 10.8. The van der Waals surface area contributed by atoms with Gasteiger partial charge in [0.15, 0.2) is 11.6 Å². The number of hydrogen-bond acceptors (Lipinski definition) is 5. The molecular formula is C35H28N2O4. The third kappa shape index (κ3) is 3.46. The van der Waals surface area contributed by atoms with Gasteiger partial charge in [-0.3, -0.25) is 14.4 Å². The van der Waals surface area contributed by atoms with Crippen LogP contribution in [0.3, 0.4) is 0 Å². The molecule has 3 aliphatic heterocycles. The third-order valence-electron chi connectivity index (χ3n) is 8.87. The minimum Gasteiger partial charge on any atom is -0.497 e. The highest BCUT2D eigenvalue weighted by Gasteiger charge is 2.70. The highest BCUT2D eigenvalue weighted by atomic mass is 16.5. The van der Waals surface area contributed by atoms with E-state index in [1.165, 1.54) is 0 Å². The van der Waals surface area contributed by atoms with Gasteiger partial charge in [-0.25, -0.2) is 0 Å².